The van der Waals surface area contributed by atoms with E-state index in [-0.39, 0.29) is 18.6 Å². The molecule has 0 saturated carbocycles. The number of rotatable bonds is 5. The van der Waals surface area contributed by atoms with Crippen LogP contribution >= 0.6 is 0 Å². The summed E-state index contributed by atoms with van der Waals surface area (Å²) < 4.78 is 0. The van der Waals surface area contributed by atoms with Gasteiger partial charge in [0, 0.05) is 43.1 Å². The second kappa shape index (κ2) is 8.23. The molecule has 1 aliphatic heterocycles. The van der Waals surface area contributed by atoms with Crippen LogP contribution in [0.15, 0.2) is 48.8 Å². The SMILES string of the molecule is C[C@@H](NC1CCN(C(=O)c2ccncc2)CC1)c1cccc(CO)c1. The molecule has 0 spiro atoms. The summed E-state index contributed by atoms with van der Waals surface area (Å²) in [6.07, 6.45) is 5.20. The predicted octanol–water partition coefficient (Wildman–Crippen LogP) is 2.53. The Kier molecular flexibility index (Phi) is 5.79. The minimum atomic E-state index is 0.0655. The van der Waals surface area contributed by atoms with Gasteiger partial charge in [0.15, 0.2) is 0 Å². The highest BCUT2D eigenvalue weighted by Gasteiger charge is 2.24. The Labute approximate surface area is 148 Å². The van der Waals surface area contributed by atoms with Gasteiger partial charge in [-0.2, -0.15) is 0 Å². The van der Waals surface area contributed by atoms with Crippen LogP contribution in [0.25, 0.3) is 0 Å². The molecule has 132 valence electrons. The monoisotopic (exact) mass is 339 g/mol. The van der Waals surface area contributed by atoms with E-state index in [2.05, 4.69) is 23.3 Å². The summed E-state index contributed by atoms with van der Waals surface area (Å²) in [5, 5.41) is 12.9. The lowest BCUT2D eigenvalue weighted by molar-refractivity contribution is 0.0702. The number of nitrogens with one attached hydrogen (secondary N) is 1. The van der Waals surface area contributed by atoms with E-state index < -0.39 is 0 Å². The fraction of sp³-hybridized carbons (Fsp3) is 0.400. The maximum atomic E-state index is 12.5. The van der Waals surface area contributed by atoms with Gasteiger partial charge in [0.1, 0.15) is 0 Å². The predicted molar refractivity (Wildman–Crippen MR) is 97.1 cm³/mol. The summed E-state index contributed by atoms with van der Waals surface area (Å²) in [6.45, 7) is 3.74. The molecule has 0 bridgehead atoms. The number of nitrogens with zero attached hydrogens (tertiary/aromatic N) is 2. The number of benzene rings is 1. The third kappa shape index (κ3) is 4.44. The number of amides is 1. The molecule has 3 rings (SSSR count). The van der Waals surface area contributed by atoms with Crippen LogP contribution < -0.4 is 5.32 Å². The van der Waals surface area contributed by atoms with Gasteiger partial charge in [0.25, 0.3) is 5.91 Å². The first kappa shape index (κ1) is 17.6. The van der Waals surface area contributed by atoms with E-state index in [1.807, 2.05) is 23.1 Å². The van der Waals surface area contributed by atoms with Crippen LogP contribution in [0.1, 0.15) is 47.3 Å². The van der Waals surface area contributed by atoms with Crippen molar-refractivity contribution in [2.45, 2.75) is 38.5 Å². The Morgan fingerprint density at radius 1 is 1.28 bits per heavy atom. The fourth-order valence-electron chi connectivity index (χ4n) is 3.34. The standard InChI is InChI=1S/C20H25N3O2/c1-15(18-4-2-3-16(13-18)14-24)22-19-7-11-23(12-8-19)20(25)17-5-9-21-10-6-17/h2-6,9-10,13,15,19,22,24H,7-8,11-12,14H2,1H3/t15-/m1/s1. The number of piperidine rings is 1. The van der Waals surface area contributed by atoms with Gasteiger partial charge in [-0.15, -0.1) is 0 Å². The van der Waals surface area contributed by atoms with E-state index in [4.69, 9.17) is 0 Å². The largest absolute Gasteiger partial charge is 0.392 e. The number of hydrogen-bond acceptors (Lipinski definition) is 4. The van der Waals surface area contributed by atoms with Crippen molar-refractivity contribution >= 4 is 5.91 Å². The normalized spacial score (nSPS) is 16.6. The smallest absolute Gasteiger partial charge is 0.253 e. The highest BCUT2D eigenvalue weighted by Crippen LogP contribution is 2.19. The first-order chi connectivity index (χ1) is 12.2. The summed E-state index contributed by atoms with van der Waals surface area (Å²) in [6, 6.07) is 12.2. The Morgan fingerprint density at radius 2 is 2.00 bits per heavy atom. The number of likely N-dealkylation sites (tertiary alicyclic amines) is 1. The van der Waals surface area contributed by atoms with E-state index in [0.29, 0.717) is 11.6 Å². The van der Waals surface area contributed by atoms with Crippen molar-refractivity contribution in [3.05, 3.63) is 65.5 Å². The molecule has 25 heavy (non-hydrogen) atoms. The topological polar surface area (TPSA) is 65.5 Å². The molecule has 5 heteroatoms. The van der Waals surface area contributed by atoms with Crippen LogP contribution in [0.4, 0.5) is 0 Å². The van der Waals surface area contributed by atoms with Gasteiger partial charge in [0.05, 0.1) is 6.61 Å². The lowest BCUT2D eigenvalue weighted by atomic mass is 10.00. The van der Waals surface area contributed by atoms with Gasteiger partial charge in [-0.05, 0) is 43.0 Å². The van der Waals surface area contributed by atoms with Gasteiger partial charge in [-0.1, -0.05) is 24.3 Å². The van der Waals surface area contributed by atoms with Gasteiger partial charge in [0.2, 0.25) is 0 Å². The molecule has 0 aliphatic carbocycles. The molecule has 0 radical (unpaired) electrons. The fourth-order valence-corrected chi connectivity index (χ4v) is 3.34. The van der Waals surface area contributed by atoms with Crippen LogP contribution in [0.3, 0.4) is 0 Å². The summed E-state index contributed by atoms with van der Waals surface area (Å²) in [7, 11) is 0. The number of aliphatic hydroxyl groups excluding tert-OH is 1. The quantitative estimate of drug-likeness (QED) is 0.878. The third-order valence-electron chi connectivity index (χ3n) is 4.83. The molecule has 2 N–H and O–H groups in total. The molecule has 1 amide bonds. The molecule has 1 atom stereocenters. The average molecular weight is 339 g/mol. The zero-order valence-corrected chi connectivity index (χ0v) is 14.6. The van der Waals surface area contributed by atoms with Crippen LogP contribution in [0.5, 0.6) is 0 Å². The van der Waals surface area contributed by atoms with E-state index in [0.717, 1.165) is 31.5 Å². The minimum absolute atomic E-state index is 0.0655. The molecule has 2 aromatic rings. The average Bonchev–Trinajstić information content (AvgIpc) is 2.68. The molecule has 2 heterocycles. The van der Waals surface area contributed by atoms with Crippen molar-refractivity contribution in [2.75, 3.05) is 13.1 Å². The maximum Gasteiger partial charge on any atom is 0.253 e. The number of carbonyl (C=O) groups is 1. The third-order valence-corrected chi connectivity index (χ3v) is 4.83. The van der Waals surface area contributed by atoms with Crippen LogP contribution in [0, 0.1) is 0 Å². The van der Waals surface area contributed by atoms with Gasteiger partial charge in [-0.3, -0.25) is 9.78 Å². The van der Waals surface area contributed by atoms with Crippen molar-refractivity contribution < 1.29 is 9.90 Å². The summed E-state index contributed by atoms with van der Waals surface area (Å²) >= 11 is 0. The van der Waals surface area contributed by atoms with Gasteiger partial charge >= 0.3 is 0 Å². The molecule has 1 aromatic heterocycles. The van der Waals surface area contributed by atoms with Crippen molar-refractivity contribution in [3.63, 3.8) is 0 Å². The summed E-state index contributed by atoms with van der Waals surface area (Å²) in [5.74, 6) is 0.0875. The molecule has 0 unspecified atom stereocenters. The molecule has 1 aromatic carbocycles. The number of hydrogen-bond donors (Lipinski definition) is 2. The van der Waals surface area contributed by atoms with E-state index >= 15 is 0 Å². The number of pyridine rings is 1. The van der Waals surface area contributed by atoms with E-state index in [9.17, 15) is 9.90 Å². The highest BCUT2D eigenvalue weighted by atomic mass is 16.3. The second-order valence-electron chi connectivity index (χ2n) is 6.59. The molecule has 1 fully saturated rings. The summed E-state index contributed by atoms with van der Waals surface area (Å²) in [4.78, 5) is 18.4. The zero-order valence-electron chi connectivity index (χ0n) is 14.6. The van der Waals surface area contributed by atoms with Crippen LogP contribution in [0.2, 0.25) is 0 Å². The van der Waals surface area contributed by atoms with Crippen molar-refractivity contribution in [2.24, 2.45) is 0 Å². The van der Waals surface area contributed by atoms with E-state index in [1.165, 1.54) is 5.56 Å². The molecule has 1 aliphatic rings. The number of aliphatic hydroxyl groups is 1. The van der Waals surface area contributed by atoms with Crippen molar-refractivity contribution in [1.82, 2.24) is 15.2 Å². The molecule has 5 nitrogen and oxygen atoms in total. The first-order valence-corrected chi connectivity index (χ1v) is 8.82. The molecule has 1 saturated heterocycles. The summed E-state index contributed by atoms with van der Waals surface area (Å²) in [5.41, 5.74) is 2.82. The lowest BCUT2D eigenvalue weighted by Gasteiger charge is -2.34. The number of aromatic nitrogens is 1. The van der Waals surface area contributed by atoms with Crippen LogP contribution in [-0.4, -0.2) is 40.0 Å². The van der Waals surface area contributed by atoms with Crippen LogP contribution in [-0.2, 0) is 6.61 Å². The Balaban J connectivity index is 1.53. The highest BCUT2D eigenvalue weighted by molar-refractivity contribution is 5.94. The zero-order chi connectivity index (χ0) is 17.6. The minimum Gasteiger partial charge on any atom is -0.392 e. The lowest BCUT2D eigenvalue weighted by Crippen LogP contribution is -2.45. The first-order valence-electron chi connectivity index (χ1n) is 8.82. The van der Waals surface area contributed by atoms with Crippen molar-refractivity contribution in [3.8, 4) is 0 Å². The number of carbonyl (C=O) groups excluding carboxylic acids is 1. The van der Waals surface area contributed by atoms with E-state index in [1.54, 1.807) is 24.5 Å². The van der Waals surface area contributed by atoms with Crippen molar-refractivity contribution in [1.29, 1.82) is 0 Å². The van der Waals surface area contributed by atoms with Gasteiger partial charge in [-0.25, -0.2) is 0 Å². The Bertz CT molecular complexity index is 697. The molecular formula is C20H25N3O2. The Morgan fingerprint density at radius 3 is 2.68 bits per heavy atom. The van der Waals surface area contributed by atoms with Gasteiger partial charge < -0.3 is 15.3 Å². The second-order valence-corrected chi connectivity index (χ2v) is 6.59. The molecular weight excluding hydrogens is 314 g/mol. The maximum absolute atomic E-state index is 12.5. The Hall–Kier alpha value is -2.24.